The summed E-state index contributed by atoms with van der Waals surface area (Å²) in [5, 5.41) is 0. The van der Waals surface area contributed by atoms with E-state index in [9.17, 15) is 13.6 Å². The number of ether oxygens (including phenoxy) is 1. The number of carbonyl (C=O) groups is 1. The van der Waals surface area contributed by atoms with Gasteiger partial charge in [-0.15, -0.1) is 0 Å². The monoisotopic (exact) mass is 230 g/mol. The van der Waals surface area contributed by atoms with Crippen molar-refractivity contribution in [1.29, 1.82) is 0 Å². The molecule has 2 aliphatic carbocycles. The van der Waals surface area contributed by atoms with Gasteiger partial charge in [0.05, 0.1) is 0 Å². The average molecular weight is 230 g/mol. The first kappa shape index (κ1) is 10.5. The quantitative estimate of drug-likeness (QED) is 0.598. The molecule has 3 aliphatic rings. The Morgan fingerprint density at radius 3 is 2.56 bits per heavy atom. The molecule has 1 unspecified atom stereocenters. The van der Waals surface area contributed by atoms with Crippen LogP contribution in [0.15, 0.2) is 0 Å². The minimum atomic E-state index is -2.49. The van der Waals surface area contributed by atoms with Crippen molar-refractivity contribution in [2.45, 2.75) is 56.5 Å². The zero-order valence-electron chi connectivity index (χ0n) is 9.18. The van der Waals surface area contributed by atoms with E-state index in [4.69, 9.17) is 4.74 Å². The molecule has 0 aromatic rings. The summed E-state index contributed by atoms with van der Waals surface area (Å²) in [7, 11) is 0. The van der Waals surface area contributed by atoms with Crippen LogP contribution in [0.3, 0.4) is 0 Å². The predicted molar refractivity (Wildman–Crippen MR) is 53.1 cm³/mol. The van der Waals surface area contributed by atoms with Gasteiger partial charge >= 0.3 is 5.97 Å². The molecule has 4 heteroatoms. The van der Waals surface area contributed by atoms with Gasteiger partial charge in [-0.2, -0.15) is 0 Å². The van der Waals surface area contributed by atoms with Gasteiger partial charge in [-0.3, -0.25) is 4.79 Å². The van der Waals surface area contributed by atoms with E-state index in [1.54, 1.807) is 0 Å². The number of hydrogen-bond acceptors (Lipinski definition) is 2. The van der Waals surface area contributed by atoms with E-state index in [1.807, 2.05) is 0 Å². The van der Waals surface area contributed by atoms with Gasteiger partial charge in [0.25, 0.3) is 0 Å². The summed E-state index contributed by atoms with van der Waals surface area (Å²) in [6.45, 7) is 0. The number of carbonyl (C=O) groups excluding carboxylic acids is 1. The highest BCUT2D eigenvalue weighted by Crippen LogP contribution is 2.55. The van der Waals surface area contributed by atoms with Gasteiger partial charge in [0.15, 0.2) is 0 Å². The Labute approximate surface area is 93.3 Å². The maximum atomic E-state index is 13.3. The molecule has 1 heterocycles. The normalized spacial score (nSPS) is 45.8. The van der Waals surface area contributed by atoms with Crippen LogP contribution in [0.25, 0.3) is 0 Å². The van der Waals surface area contributed by atoms with Gasteiger partial charge in [-0.05, 0) is 37.5 Å². The summed E-state index contributed by atoms with van der Waals surface area (Å²) < 4.78 is 32.0. The molecule has 3 atom stereocenters. The van der Waals surface area contributed by atoms with E-state index in [0.29, 0.717) is 25.2 Å². The van der Waals surface area contributed by atoms with Crippen LogP contribution in [0.4, 0.5) is 8.78 Å². The van der Waals surface area contributed by atoms with E-state index < -0.39 is 5.92 Å². The summed E-state index contributed by atoms with van der Waals surface area (Å²) in [6, 6.07) is 0. The van der Waals surface area contributed by atoms with Crippen LogP contribution in [0, 0.1) is 11.8 Å². The van der Waals surface area contributed by atoms with Crippen LogP contribution < -0.4 is 0 Å². The molecule has 2 nitrogen and oxygen atoms in total. The van der Waals surface area contributed by atoms with Crippen molar-refractivity contribution in [3.63, 3.8) is 0 Å². The van der Waals surface area contributed by atoms with Crippen molar-refractivity contribution >= 4 is 5.97 Å². The number of hydrogen-bond donors (Lipinski definition) is 0. The number of halogens is 2. The molecule has 0 aromatic carbocycles. The van der Waals surface area contributed by atoms with E-state index >= 15 is 0 Å². The zero-order chi connectivity index (χ0) is 11.4. The minimum absolute atomic E-state index is 0.00301. The minimum Gasteiger partial charge on any atom is -0.459 e. The summed E-state index contributed by atoms with van der Waals surface area (Å²) >= 11 is 0. The molecule has 1 saturated heterocycles. The third-order valence-corrected chi connectivity index (χ3v) is 4.49. The van der Waals surface area contributed by atoms with Crippen molar-refractivity contribution in [1.82, 2.24) is 0 Å². The average Bonchev–Trinajstić information content (AvgIpc) is 2.68. The maximum absolute atomic E-state index is 13.3. The van der Waals surface area contributed by atoms with E-state index in [-0.39, 0.29) is 30.3 Å². The molecule has 90 valence electrons. The first-order valence-corrected chi connectivity index (χ1v) is 6.08. The molecule has 0 N–H and O–H groups in total. The Morgan fingerprint density at radius 2 is 1.88 bits per heavy atom. The summed E-state index contributed by atoms with van der Waals surface area (Å²) in [5.41, 5.74) is -0.368. The first-order valence-electron chi connectivity index (χ1n) is 6.08. The molecule has 0 bridgehead atoms. The zero-order valence-corrected chi connectivity index (χ0v) is 9.18. The summed E-state index contributed by atoms with van der Waals surface area (Å²) in [6.07, 6.45) is 3.30. The second-order valence-corrected chi connectivity index (χ2v) is 5.68. The lowest BCUT2D eigenvalue weighted by Crippen LogP contribution is -2.29. The third-order valence-electron chi connectivity index (χ3n) is 4.49. The topological polar surface area (TPSA) is 26.3 Å². The highest BCUT2D eigenvalue weighted by molar-refractivity contribution is 5.72. The second-order valence-electron chi connectivity index (χ2n) is 5.68. The predicted octanol–water partition coefficient (Wildman–Crippen LogP) is 2.91. The molecule has 3 rings (SSSR count). The molecule has 1 spiro atoms. The number of alkyl halides is 2. The Balaban J connectivity index is 1.75. The number of rotatable bonds is 0. The molecule has 0 aromatic heterocycles. The maximum Gasteiger partial charge on any atom is 0.306 e. The lowest BCUT2D eigenvalue weighted by atomic mass is 9.80. The number of esters is 1. The number of fused-ring (bicyclic) bond motifs is 1. The largest absolute Gasteiger partial charge is 0.459 e. The van der Waals surface area contributed by atoms with Gasteiger partial charge in [0, 0.05) is 19.3 Å². The van der Waals surface area contributed by atoms with Crippen molar-refractivity contribution in [2.75, 3.05) is 0 Å². The van der Waals surface area contributed by atoms with Crippen LogP contribution >= 0.6 is 0 Å². The highest BCUT2D eigenvalue weighted by Gasteiger charge is 2.55. The molecule has 0 amide bonds. The Morgan fingerprint density at radius 1 is 1.12 bits per heavy atom. The first-order chi connectivity index (χ1) is 7.48. The van der Waals surface area contributed by atoms with Gasteiger partial charge in [0.2, 0.25) is 5.92 Å². The van der Waals surface area contributed by atoms with Gasteiger partial charge in [0.1, 0.15) is 5.60 Å². The SMILES string of the molecule is O=C1CC[C@]2(CC3CCC(F)(F)C[C@@H]3C2)O1. The van der Waals surface area contributed by atoms with Crippen LogP contribution in [-0.4, -0.2) is 17.5 Å². The standard InChI is InChI=1S/C12H16F2O2/c13-12(14)4-1-8-5-11(6-9(8)7-12)3-2-10(15)16-11/h8-9H,1-7H2/t8?,9-,11+/m0/s1. The fraction of sp³-hybridized carbons (Fsp3) is 0.917. The Hall–Kier alpha value is -0.670. The van der Waals surface area contributed by atoms with Crippen LogP contribution in [0.2, 0.25) is 0 Å². The highest BCUT2D eigenvalue weighted by atomic mass is 19.3. The smallest absolute Gasteiger partial charge is 0.306 e. The lowest BCUT2D eigenvalue weighted by molar-refractivity contribution is -0.148. The van der Waals surface area contributed by atoms with E-state index in [0.717, 1.165) is 12.8 Å². The van der Waals surface area contributed by atoms with Crippen molar-refractivity contribution in [2.24, 2.45) is 11.8 Å². The molecule has 3 fully saturated rings. The van der Waals surface area contributed by atoms with Crippen LogP contribution in [-0.2, 0) is 9.53 Å². The summed E-state index contributed by atoms with van der Waals surface area (Å²) in [5.74, 6) is -2.22. The fourth-order valence-electron chi connectivity index (χ4n) is 3.79. The Kier molecular flexibility index (Phi) is 2.08. The van der Waals surface area contributed by atoms with Gasteiger partial charge in [-0.25, -0.2) is 8.78 Å². The van der Waals surface area contributed by atoms with Gasteiger partial charge in [-0.1, -0.05) is 0 Å². The fourth-order valence-corrected chi connectivity index (χ4v) is 3.79. The molecule has 0 radical (unpaired) electrons. The molecule has 2 saturated carbocycles. The molecule has 1 aliphatic heterocycles. The third kappa shape index (κ3) is 1.62. The van der Waals surface area contributed by atoms with Gasteiger partial charge < -0.3 is 4.74 Å². The van der Waals surface area contributed by atoms with Crippen molar-refractivity contribution < 1.29 is 18.3 Å². The lowest BCUT2D eigenvalue weighted by Gasteiger charge is -2.30. The molecular formula is C12H16F2O2. The van der Waals surface area contributed by atoms with Crippen molar-refractivity contribution in [3.8, 4) is 0 Å². The summed E-state index contributed by atoms with van der Waals surface area (Å²) in [4.78, 5) is 11.2. The second kappa shape index (κ2) is 3.17. The van der Waals surface area contributed by atoms with E-state index in [1.165, 1.54) is 0 Å². The Bertz CT molecular complexity index is 329. The van der Waals surface area contributed by atoms with Crippen LogP contribution in [0.5, 0.6) is 0 Å². The van der Waals surface area contributed by atoms with Crippen LogP contribution in [0.1, 0.15) is 44.9 Å². The molecular weight excluding hydrogens is 214 g/mol. The molecule has 16 heavy (non-hydrogen) atoms. The van der Waals surface area contributed by atoms with Crippen molar-refractivity contribution in [3.05, 3.63) is 0 Å². The van der Waals surface area contributed by atoms with E-state index in [2.05, 4.69) is 0 Å².